The Kier molecular flexibility index (Phi) is 4.77. The number of aromatic carboxylic acids is 1. The van der Waals surface area contributed by atoms with E-state index < -0.39 is 5.97 Å². The van der Waals surface area contributed by atoms with Crippen LogP contribution in [0.3, 0.4) is 0 Å². The molecule has 1 aromatic heterocycles. The van der Waals surface area contributed by atoms with Gasteiger partial charge in [0.25, 0.3) is 5.91 Å². The molecule has 0 radical (unpaired) electrons. The van der Waals surface area contributed by atoms with Crippen molar-refractivity contribution in [3.63, 3.8) is 0 Å². The van der Waals surface area contributed by atoms with Crippen LogP contribution in [0.4, 0.5) is 5.69 Å². The zero-order chi connectivity index (χ0) is 17.8. The van der Waals surface area contributed by atoms with Crippen LogP contribution in [0.1, 0.15) is 20.7 Å². The van der Waals surface area contributed by atoms with Gasteiger partial charge in [0, 0.05) is 17.4 Å². The Bertz CT molecular complexity index is 939. The van der Waals surface area contributed by atoms with E-state index in [9.17, 15) is 9.59 Å². The Hall–Kier alpha value is -3.18. The summed E-state index contributed by atoms with van der Waals surface area (Å²) in [5.74, 6) is -1.35. The third-order valence-corrected chi connectivity index (χ3v) is 3.92. The summed E-state index contributed by atoms with van der Waals surface area (Å²) in [7, 11) is 0. The van der Waals surface area contributed by atoms with Gasteiger partial charge in [-0.1, -0.05) is 41.9 Å². The zero-order valence-electron chi connectivity index (χ0n) is 12.9. The lowest BCUT2D eigenvalue weighted by Gasteiger charge is -2.12. The number of hydrogen-bond acceptors (Lipinski definition) is 3. The lowest BCUT2D eigenvalue weighted by molar-refractivity contribution is 0.0696. The molecule has 1 heterocycles. The van der Waals surface area contributed by atoms with Crippen molar-refractivity contribution in [1.82, 2.24) is 4.98 Å². The summed E-state index contributed by atoms with van der Waals surface area (Å²) in [6.45, 7) is 0. The number of para-hydroxylation sites is 1. The quantitative estimate of drug-likeness (QED) is 0.684. The van der Waals surface area contributed by atoms with Crippen LogP contribution in [0.25, 0.3) is 11.1 Å². The number of benzene rings is 2. The molecule has 2 aromatic carbocycles. The molecule has 2 N–H and O–H groups in total. The van der Waals surface area contributed by atoms with Crippen molar-refractivity contribution < 1.29 is 14.7 Å². The van der Waals surface area contributed by atoms with Gasteiger partial charge in [-0.05, 0) is 35.9 Å². The van der Waals surface area contributed by atoms with Gasteiger partial charge in [-0.25, -0.2) is 9.78 Å². The van der Waals surface area contributed by atoms with Crippen LogP contribution in [-0.2, 0) is 0 Å². The number of carbonyl (C=O) groups excluding carboxylic acids is 1. The number of carboxylic acids is 1. The fourth-order valence-corrected chi connectivity index (χ4v) is 2.59. The van der Waals surface area contributed by atoms with Crippen LogP contribution < -0.4 is 5.32 Å². The van der Waals surface area contributed by atoms with Crippen molar-refractivity contribution >= 4 is 29.2 Å². The Morgan fingerprint density at radius 3 is 2.36 bits per heavy atom. The van der Waals surface area contributed by atoms with Gasteiger partial charge in [0.05, 0.1) is 11.1 Å². The molecule has 0 atom stereocenters. The second-order valence-electron chi connectivity index (χ2n) is 5.22. The molecule has 0 fully saturated rings. The molecule has 0 spiro atoms. The Morgan fingerprint density at radius 1 is 0.960 bits per heavy atom. The van der Waals surface area contributed by atoms with E-state index >= 15 is 0 Å². The average molecular weight is 353 g/mol. The van der Waals surface area contributed by atoms with Crippen LogP contribution in [0.5, 0.6) is 0 Å². The number of rotatable bonds is 4. The highest BCUT2D eigenvalue weighted by Crippen LogP contribution is 2.29. The number of amides is 1. The van der Waals surface area contributed by atoms with E-state index in [4.69, 9.17) is 16.7 Å². The van der Waals surface area contributed by atoms with E-state index in [1.54, 1.807) is 36.4 Å². The molecule has 5 nitrogen and oxygen atoms in total. The molecule has 3 rings (SSSR count). The third-order valence-electron chi connectivity index (χ3n) is 3.62. The number of carbonyl (C=O) groups is 2. The van der Waals surface area contributed by atoms with Gasteiger partial charge in [0.1, 0.15) is 5.15 Å². The first-order valence-corrected chi connectivity index (χ1v) is 7.78. The SMILES string of the molecule is O=C(O)c1ccc(-c2ccccc2NC(=O)c2cccnc2Cl)cc1. The number of carboxylic acid groups (broad SMARTS) is 1. The standard InChI is InChI=1S/C19H13ClN2O3/c20-17-15(5-3-11-21-17)18(23)22-16-6-2-1-4-14(16)12-7-9-13(10-8-12)19(24)25/h1-11H,(H,22,23)(H,24,25). The van der Waals surface area contributed by atoms with Crippen molar-refractivity contribution in [1.29, 1.82) is 0 Å². The average Bonchev–Trinajstić information content (AvgIpc) is 2.62. The largest absolute Gasteiger partial charge is 0.478 e. The number of aromatic nitrogens is 1. The van der Waals surface area contributed by atoms with Gasteiger partial charge < -0.3 is 10.4 Å². The first-order valence-electron chi connectivity index (χ1n) is 7.41. The van der Waals surface area contributed by atoms with Crippen molar-refractivity contribution in [3.05, 3.63) is 83.1 Å². The molecule has 0 aliphatic rings. The second kappa shape index (κ2) is 7.15. The molecule has 0 unspecified atom stereocenters. The smallest absolute Gasteiger partial charge is 0.335 e. The maximum atomic E-state index is 12.4. The third kappa shape index (κ3) is 3.67. The number of anilines is 1. The van der Waals surface area contributed by atoms with Crippen molar-refractivity contribution in [3.8, 4) is 11.1 Å². The number of nitrogens with one attached hydrogen (secondary N) is 1. The maximum Gasteiger partial charge on any atom is 0.335 e. The van der Waals surface area contributed by atoms with E-state index in [2.05, 4.69) is 10.3 Å². The summed E-state index contributed by atoms with van der Waals surface area (Å²) in [6, 6.07) is 16.9. The highest BCUT2D eigenvalue weighted by Gasteiger charge is 2.13. The molecule has 0 saturated heterocycles. The van der Waals surface area contributed by atoms with Gasteiger partial charge in [0.15, 0.2) is 0 Å². The van der Waals surface area contributed by atoms with Crippen molar-refractivity contribution in [2.75, 3.05) is 5.32 Å². The number of nitrogens with zero attached hydrogens (tertiary/aromatic N) is 1. The summed E-state index contributed by atoms with van der Waals surface area (Å²) < 4.78 is 0. The predicted octanol–water partition coefficient (Wildman–Crippen LogP) is 4.35. The minimum Gasteiger partial charge on any atom is -0.478 e. The van der Waals surface area contributed by atoms with Crippen LogP contribution in [-0.4, -0.2) is 22.0 Å². The molecule has 6 heteroatoms. The second-order valence-corrected chi connectivity index (χ2v) is 5.58. The molecular weight excluding hydrogens is 340 g/mol. The number of pyridine rings is 1. The van der Waals surface area contributed by atoms with Gasteiger partial charge >= 0.3 is 5.97 Å². The topological polar surface area (TPSA) is 79.3 Å². The monoisotopic (exact) mass is 352 g/mol. The highest BCUT2D eigenvalue weighted by atomic mass is 35.5. The summed E-state index contributed by atoms with van der Waals surface area (Å²) in [5.41, 5.74) is 2.63. The van der Waals surface area contributed by atoms with Gasteiger partial charge in [0.2, 0.25) is 0 Å². The van der Waals surface area contributed by atoms with E-state index in [1.807, 2.05) is 12.1 Å². The molecule has 0 aliphatic carbocycles. The fraction of sp³-hybridized carbons (Fsp3) is 0. The zero-order valence-corrected chi connectivity index (χ0v) is 13.7. The molecule has 0 bridgehead atoms. The van der Waals surface area contributed by atoms with Crippen LogP contribution >= 0.6 is 11.6 Å². The van der Waals surface area contributed by atoms with E-state index in [0.29, 0.717) is 5.69 Å². The Balaban J connectivity index is 1.92. The van der Waals surface area contributed by atoms with E-state index in [1.165, 1.54) is 18.3 Å². The molecule has 124 valence electrons. The summed E-state index contributed by atoms with van der Waals surface area (Å²) in [4.78, 5) is 27.3. The lowest BCUT2D eigenvalue weighted by Crippen LogP contribution is -2.13. The predicted molar refractivity (Wildman–Crippen MR) is 96.0 cm³/mol. The Morgan fingerprint density at radius 2 is 1.68 bits per heavy atom. The summed E-state index contributed by atoms with van der Waals surface area (Å²) in [5, 5.41) is 11.9. The highest BCUT2D eigenvalue weighted by molar-refractivity contribution is 6.33. The number of hydrogen-bond donors (Lipinski definition) is 2. The van der Waals surface area contributed by atoms with Crippen molar-refractivity contribution in [2.45, 2.75) is 0 Å². The van der Waals surface area contributed by atoms with Crippen LogP contribution in [0.2, 0.25) is 5.15 Å². The molecule has 3 aromatic rings. The fourth-order valence-electron chi connectivity index (χ4n) is 2.38. The van der Waals surface area contributed by atoms with Gasteiger partial charge in [-0.3, -0.25) is 4.79 Å². The maximum absolute atomic E-state index is 12.4. The number of halogens is 1. The van der Waals surface area contributed by atoms with Gasteiger partial charge in [-0.15, -0.1) is 0 Å². The van der Waals surface area contributed by atoms with E-state index in [0.717, 1.165) is 11.1 Å². The molecule has 0 saturated carbocycles. The molecule has 25 heavy (non-hydrogen) atoms. The summed E-state index contributed by atoms with van der Waals surface area (Å²) >= 11 is 5.96. The normalized spacial score (nSPS) is 10.3. The summed E-state index contributed by atoms with van der Waals surface area (Å²) in [6.07, 6.45) is 1.51. The lowest BCUT2D eigenvalue weighted by atomic mass is 10.0. The minimum atomic E-state index is -0.987. The van der Waals surface area contributed by atoms with E-state index in [-0.39, 0.29) is 22.2 Å². The molecular formula is C19H13ClN2O3. The minimum absolute atomic E-state index is 0.128. The first-order chi connectivity index (χ1) is 12.1. The van der Waals surface area contributed by atoms with Crippen molar-refractivity contribution in [2.24, 2.45) is 0 Å². The molecule has 0 aliphatic heterocycles. The van der Waals surface area contributed by atoms with Crippen LogP contribution in [0.15, 0.2) is 66.9 Å². The van der Waals surface area contributed by atoms with Gasteiger partial charge in [-0.2, -0.15) is 0 Å². The first kappa shape index (κ1) is 16.7. The molecule has 1 amide bonds. The van der Waals surface area contributed by atoms with Crippen LogP contribution in [0, 0.1) is 0 Å². The Labute approximate surface area is 148 Å².